The van der Waals surface area contributed by atoms with E-state index in [-0.39, 0.29) is 5.91 Å². The minimum atomic E-state index is -0.0923. The van der Waals surface area contributed by atoms with Gasteiger partial charge in [0.1, 0.15) is 5.69 Å². The summed E-state index contributed by atoms with van der Waals surface area (Å²) in [5, 5.41) is 9.87. The molecule has 0 saturated heterocycles. The molecule has 5 heteroatoms. The van der Waals surface area contributed by atoms with Crippen LogP contribution in [0.25, 0.3) is 0 Å². The Labute approximate surface area is 113 Å². The standard InChI is InChI=1S/C14H21N3O2/c18-14(13-8-12(16-17-13)11-4-5-11)15-6-1-7-19-9-10-2-3-10/h8,10-11H,1-7,9H2,(H,15,18)(H,16,17). The lowest BCUT2D eigenvalue weighted by Crippen LogP contribution is -2.25. The van der Waals surface area contributed by atoms with Crippen molar-refractivity contribution in [2.24, 2.45) is 5.92 Å². The van der Waals surface area contributed by atoms with Gasteiger partial charge >= 0.3 is 0 Å². The first-order valence-electron chi connectivity index (χ1n) is 7.24. The highest BCUT2D eigenvalue weighted by Crippen LogP contribution is 2.38. The number of hydrogen-bond acceptors (Lipinski definition) is 3. The first kappa shape index (κ1) is 12.7. The van der Waals surface area contributed by atoms with E-state index in [0.717, 1.165) is 31.2 Å². The molecule has 2 aliphatic rings. The number of nitrogens with one attached hydrogen (secondary N) is 2. The Kier molecular flexibility index (Phi) is 3.82. The van der Waals surface area contributed by atoms with E-state index in [1.54, 1.807) is 0 Å². The fraction of sp³-hybridized carbons (Fsp3) is 0.714. The second-order valence-electron chi connectivity index (χ2n) is 5.61. The van der Waals surface area contributed by atoms with Crippen LogP contribution < -0.4 is 5.32 Å². The van der Waals surface area contributed by atoms with Crippen LogP contribution in [0.15, 0.2) is 6.07 Å². The van der Waals surface area contributed by atoms with Crippen LogP contribution in [-0.4, -0.2) is 35.9 Å². The molecule has 1 aromatic heterocycles. The average molecular weight is 263 g/mol. The van der Waals surface area contributed by atoms with Crippen LogP contribution in [0.3, 0.4) is 0 Å². The van der Waals surface area contributed by atoms with Gasteiger partial charge in [-0.15, -0.1) is 0 Å². The lowest BCUT2D eigenvalue weighted by molar-refractivity contribution is 0.0932. The smallest absolute Gasteiger partial charge is 0.271 e. The van der Waals surface area contributed by atoms with E-state index < -0.39 is 0 Å². The Morgan fingerprint density at radius 1 is 1.42 bits per heavy atom. The van der Waals surface area contributed by atoms with Crippen molar-refractivity contribution >= 4 is 5.91 Å². The summed E-state index contributed by atoms with van der Waals surface area (Å²) in [7, 11) is 0. The topological polar surface area (TPSA) is 67.0 Å². The molecule has 104 valence electrons. The summed E-state index contributed by atoms with van der Waals surface area (Å²) in [6.07, 6.45) is 5.92. The Balaban J connectivity index is 1.30. The number of nitrogens with zero attached hydrogens (tertiary/aromatic N) is 1. The number of carbonyl (C=O) groups excluding carboxylic acids is 1. The van der Waals surface area contributed by atoms with E-state index >= 15 is 0 Å². The highest BCUT2D eigenvalue weighted by atomic mass is 16.5. The molecule has 0 atom stereocenters. The van der Waals surface area contributed by atoms with E-state index in [4.69, 9.17) is 4.74 Å². The van der Waals surface area contributed by atoms with Crippen molar-refractivity contribution in [3.8, 4) is 0 Å². The Bertz CT molecular complexity index is 436. The predicted octanol–water partition coefficient (Wildman–Crippen LogP) is 1.83. The fourth-order valence-electron chi connectivity index (χ4n) is 2.06. The zero-order valence-electron chi connectivity index (χ0n) is 11.2. The predicted molar refractivity (Wildman–Crippen MR) is 71.1 cm³/mol. The van der Waals surface area contributed by atoms with Crippen LogP contribution in [0.2, 0.25) is 0 Å². The van der Waals surface area contributed by atoms with Crippen LogP contribution >= 0.6 is 0 Å². The monoisotopic (exact) mass is 263 g/mol. The lowest BCUT2D eigenvalue weighted by Gasteiger charge is -2.04. The van der Waals surface area contributed by atoms with Gasteiger partial charge in [-0.2, -0.15) is 5.10 Å². The van der Waals surface area contributed by atoms with Crippen molar-refractivity contribution in [3.05, 3.63) is 17.5 Å². The van der Waals surface area contributed by atoms with Crippen LogP contribution in [0.4, 0.5) is 0 Å². The normalized spacial score (nSPS) is 18.5. The first-order chi connectivity index (χ1) is 9.33. The van der Waals surface area contributed by atoms with Gasteiger partial charge in [0.15, 0.2) is 0 Å². The van der Waals surface area contributed by atoms with Crippen LogP contribution in [0, 0.1) is 5.92 Å². The minimum absolute atomic E-state index is 0.0923. The molecule has 5 nitrogen and oxygen atoms in total. The van der Waals surface area contributed by atoms with Crippen molar-refractivity contribution in [2.45, 2.75) is 38.0 Å². The highest BCUT2D eigenvalue weighted by Gasteiger charge is 2.26. The largest absolute Gasteiger partial charge is 0.381 e. The third kappa shape index (κ3) is 3.80. The number of carbonyl (C=O) groups is 1. The Hall–Kier alpha value is -1.36. The van der Waals surface area contributed by atoms with Crippen molar-refractivity contribution in [2.75, 3.05) is 19.8 Å². The van der Waals surface area contributed by atoms with Gasteiger partial charge in [-0.3, -0.25) is 9.89 Å². The summed E-state index contributed by atoms with van der Waals surface area (Å²) in [4.78, 5) is 11.8. The van der Waals surface area contributed by atoms with Crippen molar-refractivity contribution < 1.29 is 9.53 Å². The molecule has 0 radical (unpaired) electrons. The number of ether oxygens (including phenoxy) is 1. The molecule has 0 aliphatic heterocycles. The Morgan fingerprint density at radius 3 is 3.00 bits per heavy atom. The summed E-state index contributed by atoms with van der Waals surface area (Å²) >= 11 is 0. The van der Waals surface area contributed by atoms with E-state index in [9.17, 15) is 4.79 Å². The number of H-pyrrole nitrogens is 1. The fourth-order valence-corrected chi connectivity index (χ4v) is 2.06. The summed E-state index contributed by atoms with van der Waals surface area (Å²) in [6.45, 7) is 2.26. The number of aromatic nitrogens is 2. The zero-order valence-corrected chi connectivity index (χ0v) is 11.2. The zero-order chi connectivity index (χ0) is 13.1. The third-order valence-corrected chi connectivity index (χ3v) is 3.65. The van der Waals surface area contributed by atoms with Crippen molar-refractivity contribution in [3.63, 3.8) is 0 Å². The maximum Gasteiger partial charge on any atom is 0.271 e. The molecule has 1 heterocycles. The molecule has 2 saturated carbocycles. The molecule has 0 bridgehead atoms. The van der Waals surface area contributed by atoms with Crippen molar-refractivity contribution in [1.29, 1.82) is 0 Å². The van der Waals surface area contributed by atoms with E-state index in [0.29, 0.717) is 18.2 Å². The lowest BCUT2D eigenvalue weighted by atomic mass is 10.2. The molecule has 0 spiro atoms. The maximum absolute atomic E-state index is 11.8. The molecular weight excluding hydrogens is 242 g/mol. The van der Waals surface area contributed by atoms with E-state index in [2.05, 4.69) is 15.5 Å². The molecule has 0 unspecified atom stereocenters. The number of amides is 1. The van der Waals surface area contributed by atoms with Gasteiger partial charge in [-0.1, -0.05) is 0 Å². The van der Waals surface area contributed by atoms with Gasteiger partial charge in [-0.05, 0) is 44.1 Å². The molecule has 2 N–H and O–H groups in total. The van der Waals surface area contributed by atoms with Gasteiger partial charge in [0.25, 0.3) is 5.91 Å². The van der Waals surface area contributed by atoms with Gasteiger partial charge in [0.2, 0.25) is 0 Å². The summed E-state index contributed by atoms with van der Waals surface area (Å²) in [5.41, 5.74) is 1.60. The molecule has 3 rings (SSSR count). The van der Waals surface area contributed by atoms with Gasteiger partial charge in [-0.25, -0.2) is 0 Å². The Morgan fingerprint density at radius 2 is 2.26 bits per heavy atom. The molecule has 0 aromatic carbocycles. The summed E-state index contributed by atoms with van der Waals surface area (Å²) < 4.78 is 5.52. The highest BCUT2D eigenvalue weighted by molar-refractivity contribution is 5.92. The molecule has 19 heavy (non-hydrogen) atoms. The molecule has 2 aliphatic carbocycles. The SMILES string of the molecule is O=C(NCCCOCC1CC1)c1cc(C2CC2)[nH]n1. The van der Waals surface area contributed by atoms with Gasteiger partial charge in [0, 0.05) is 31.4 Å². The number of rotatable bonds is 8. The van der Waals surface area contributed by atoms with Gasteiger partial charge < -0.3 is 10.1 Å². The number of hydrogen-bond donors (Lipinski definition) is 2. The second kappa shape index (κ2) is 5.74. The molecule has 1 aromatic rings. The average Bonchev–Trinajstić information content (AvgIpc) is 3.34. The van der Waals surface area contributed by atoms with Crippen molar-refractivity contribution in [1.82, 2.24) is 15.5 Å². The molecule has 1 amide bonds. The molecule has 2 fully saturated rings. The maximum atomic E-state index is 11.8. The summed E-state index contributed by atoms with van der Waals surface area (Å²) in [5.74, 6) is 1.31. The van der Waals surface area contributed by atoms with E-state index in [1.807, 2.05) is 6.07 Å². The quantitative estimate of drug-likeness (QED) is 0.703. The number of aromatic amines is 1. The summed E-state index contributed by atoms with van der Waals surface area (Å²) in [6, 6.07) is 1.87. The van der Waals surface area contributed by atoms with Crippen LogP contribution in [-0.2, 0) is 4.74 Å². The molecular formula is C14H21N3O2. The van der Waals surface area contributed by atoms with Crippen LogP contribution in [0.1, 0.15) is 54.2 Å². The first-order valence-corrected chi connectivity index (χ1v) is 7.24. The van der Waals surface area contributed by atoms with Crippen LogP contribution in [0.5, 0.6) is 0 Å². The third-order valence-electron chi connectivity index (χ3n) is 3.65. The second-order valence-corrected chi connectivity index (χ2v) is 5.61. The van der Waals surface area contributed by atoms with E-state index in [1.165, 1.54) is 25.7 Å². The minimum Gasteiger partial charge on any atom is -0.381 e. The van der Waals surface area contributed by atoms with Gasteiger partial charge in [0.05, 0.1) is 0 Å².